The minimum Gasteiger partial charge on any atom is -0.486 e. The number of carbonyl (C=O) groups excluding carboxylic acids is 1. The van der Waals surface area contributed by atoms with Crippen LogP contribution in [0.3, 0.4) is 0 Å². The van der Waals surface area contributed by atoms with Crippen LogP contribution in [-0.2, 0) is 4.79 Å². The Hall–Kier alpha value is -1.50. The normalized spacial score (nSPS) is 9.88. The Morgan fingerprint density at radius 3 is 2.81 bits per heavy atom. The van der Waals surface area contributed by atoms with Crippen LogP contribution in [0, 0.1) is 15.9 Å². The van der Waals surface area contributed by atoms with Gasteiger partial charge in [-0.1, -0.05) is 0 Å². The summed E-state index contributed by atoms with van der Waals surface area (Å²) in [6.45, 7) is -0.0224. The highest BCUT2D eigenvalue weighted by Gasteiger charge is 2.18. The van der Waals surface area contributed by atoms with Crippen molar-refractivity contribution in [2.24, 2.45) is 0 Å². The summed E-state index contributed by atoms with van der Waals surface area (Å²) in [5, 5.41) is 10.6. The van der Waals surface area contributed by atoms with Gasteiger partial charge >= 0.3 is 5.69 Å². The summed E-state index contributed by atoms with van der Waals surface area (Å²) in [7, 11) is 0. The molecule has 7 heteroatoms. The number of halogens is 2. The molecule has 0 radical (unpaired) electrons. The molecule has 0 bridgehead atoms. The van der Waals surface area contributed by atoms with Crippen molar-refractivity contribution in [2.45, 2.75) is 6.42 Å². The van der Waals surface area contributed by atoms with Crippen molar-refractivity contribution in [1.29, 1.82) is 0 Å². The summed E-state index contributed by atoms with van der Waals surface area (Å²) in [4.78, 5) is 20.0. The first-order valence-corrected chi connectivity index (χ1v) is 5.05. The Balaban J connectivity index is 3.00. The number of nitrogens with zero attached hydrogens (tertiary/aromatic N) is 1. The standard InChI is InChI=1S/C9H7BrFNO4/c10-6-4-8(12(14)15)9(5-7(6)11)16-3-1-2-13/h2,4-5H,1,3H2. The number of ether oxygens (including phenoxy) is 1. The lowest BCUT2D eigenvalue weighted by Gasteiger charge is -2.05. The van der Waals surface area contributed by atoms with E-state index in [9.17, 15) is 19.3 Å². The quantitative estimate of drug-likeness (QED) is 0.362. The van der Waals surface area contributed by atoms with Crippen LogP contribution in [-0.4, -0.2) is 17.8 Å². The van der Waals surface area contributed by atoms with E-state index in [0.29, 0.717) is 6.29 Å². The average Bonchev–Trinajstić information content (AvgIpc) is 2.23. The van der Waals surface area contributed by atoms with Crippen LogP contribution < -0.4 is 4.74 Å². The lowest BCUT2D eigenvalue weighted by Crippen LogP contribution is -2.01. The number of carbonyl (C=O) groups is 1. The zero-order valence-corrected chi connectivity index (χ0v) is 9.57. The lowest BCUT2D eigenvalue weighted by molar-refractivity contribution is -0.386. The van der Waals surface area contributed by atoms with Gasteiger partial charge in [-0.2, -0.15) is 0 Å². The number of nitro benzene ring substituents is 1. The van der Waals surface area contributed by atoms with Crippen molar-refractivity contribution in [3.05, 3.63) is 32.5 Å². The molecule has 0 heterocycles. The van der Waals surface area contributed by atoms with E-state index in [1.807, 2.05) is 0 Å². The molecule has 5 nitrogen and oxygen atoms in total. The van der Waals surface area contributed by atoms with Crippen molar-refractivity contribution in [2.75, 3.05) is 6.61 Å². The van der Waals surface area contributed by atoms with E-state index in [1.54, 1.807) is 0 Å². The van der Waals surface area contributed by atoms with Gasteiger partial charge in [0.15, 0.2) is 5.75 Å². The fourth-order valence-electron chi connectivity index (χ4n) is 0.993. The molecule has 0 aliphatic rings. The smallest absolute Gasteiger partial charge is 0.312 e. The van der Waals surface area contributed by atoms with E-state index in [-0.39, 0.29) is 28.9 Å². The van der Waals surface area contributed by atoms with Crippen molar-refractivity contribution >= 4 is 27.9 Å². The van der Waals surface area contributed by atoms with Crippen molar-refractivity contribution < 1.29 is 18.8 Å². The van der Waals surface area contributed by atoms with Crippen LogP contribution in [0.4, 0.5) is 10.1 Å². The van der Waals surface area contributed by atoms with Crippen molar-refractivity contribution in [3.8, 4) is 5.75 Å². The monoisotopic (exact) mass is 291 g/mol. The third-order valence-corrected chi connectivity index (χ3v) is 2.30. The summed E-state index contributed by atoms with van der Waals surface area (Å²) < 4.78 is 18.0. The molecule has 86 valence electrons. The highest BCUT2D eigenvalue weighted by molar-refractivity contribution is 9.10. The zero-order valence-electron chi connectivity index (χ0n) is 7.98. The maximum absolute atomic E-state index is 13.1. The number of benzene rings is 1. The summed E-state index contributed by atoms with van der Waals surface area (Å²) in [5.74, 6) is -0.848. The molecule has 0 atom stereocenters. The second-order valence-corrected chi connectivity index (χ2v) is 3.65. The molecule has 0 spiro atoms. The molecular formula is C9H7BrFNO4. The second-order valence-electron chi connectivity index (χ2n) is 2.79. The third-order valence-electron chi connectivity index (χ3n) is 1.69. The molecule has 0 N–H and O–H groups in total. The summed E-state index contributed by atoms with van der Waals surface area (Å²) in [6.07, 6.45) is 0.704. The van der Waals surface area contributed by atoms with Gasteiger partial charge in [0.2, 0.25) is 0 Å². The van der Waals surface area contributed by atoms with Crippen LogP contribution in [0.2, 0.25) is 0 Å². The maximum atomic E-state index is 13.1. The Labute approximate surface area is 98.5 Å². The van der Waals surface area contributed by atoms with Crippen LogP contribution in [0.25, 0.3) is 0 Å². The van der Waals surface area contributed by atoms with Gasteiger partial charge in [0.1, 0.15) is 12.1 Å². The first kappa shape index (κ1) is 12.6. The van der Waals surface area contributed by atoms with Crippen LogP contribution >= 0.6 is 15.9 Å². The van der Waals surface area contributed by atoms with Gasteiger partial charge in [-0.3, -0.25) is 10.1 Å². The van der Waals surface area contributed by atoms with Crippen molar-refractivity contribution in [3.63, 3.8) is 0 Å². The number of hydrogen-bond donors (Lipinski definition) is 0. The van der Waals surface area contributed by atoms with E-state index in [2.05, 4.69) is 15.9 Å². The van der Waals surface area contributed by atoms with Gasteiger partial charge in [0.25, 0.3) is 0 Å². The molecule has 0 aromatic heterocycles. The summed E-state index contributed by atoms with van der Waals surface area (Å²) >= 11 is 2.84. The van der Waals surface area contributed by atoms with E-state index in [4.69, 9.17) is 4.74 Å². The zero-order chi connectivity index (χ0) is 12.1. The maximum Gasteiger partial charge on any atom is 0.312 e. The van der Waals surface area contributed by atoms with E-state index in [1.165, 1.54) is 0 Å². The lowest BCUT2D eigenvalue weighted by atomic mass is 10.3. The van der Waals surface area contributed by atoms with Gasteiger partial charge in [0.05, 0.1) is 16.0 Å². The van der Waals surface area contributed by atoms with Gasteiger partial charge in [-0.25, -0.2) is 4.39 Å². The van der Waals surface area contributed by atoms with Crippen LogP contribution in [0.15, 0.2) is 16.6 Å². The second kappa shape index (κ2) is 5.55. The average molecular weight is 292 g/mol. The minimum absolute atomic E-state index is 0.0121. The van der Waals surface area contributed by atoms with Crippen molar-refractivity contribution in [1.82, 2.24) is 0 Å². The first-order valence-electron chi connectivity index (χ1n) is 4.26. The molecule has 0 saturated heterocycles. The number of rotatable bonds is 5. The molecule has 0 aliphatic heterocycles. The van der Waals surface area contributed by atoms with Gasteiger partial charge in [-0.15, -0.1) is 0 Å². The Morgan fingerprint density at radius 1 is 1.56 bits per heavy atom. The minimum atomic E-state index is -0.680. The van der Waals surface area contributed by atoms with E-state index in [0.717, 1.165) is 12.1 Å². The molecule has 0 unspecified atom stereocenters. The molecule has 1 aromatic carbocycles. The number of nitro groups is 1. The number of hydrogen-bond acceptors (Lipinski definition) is 4. The Kier molecular flexibility index (Phi) is 4.36. The van der Waals surface area contributed by atoms with E-state index >= 15 is 0 Å². The van der Waals surface area contributed by atoms with Gasteiger partial charge < -0.3 is 9.53 Å². The SMILES string of the molecule is O=CCCOc1cc(F)c(Br)cc1[N+](=O)[O-]. The predicted molar refractivity (Wildman–Crippen MR) is 56.9 cm³/mol. The molecule has 1 aromatic rings. The topological polar surface area (TPSA) is 69.4 Å². The fourth-order valence-corrected chi connectivity index (χ4v) is 1.32. The van der Waals surface area contributed by atoms with Gasteiger partial charge in [0, 0.05) is 18.6 Å². The fraction of sp³-hybridized carbons (Fsp3) is 0.222. The molecule has 16 heavy (non-hydrogen) atoms. The first-order chi connectivity index (χ1) is 7.56. The molecule has 0 saturated carbocycles. The Bertz CT molecular complexity index is 424. The molecular weight excluding hydrogens is 285 g/mol. The largest absolute Gasteiger partial charge is 0.486 e. The molecule has 0 amide bonds. The number of aldehydes is 1. The summed E-state index contributed by atoms with van der Waals surface area (Å²) in [5.41, 5.74) is -0.348. The van der Waals surface area contributed by atoms with Crippen LogP contribution in [0.5, 0.6) is 5.75 Å². The van der Waals surface area contributed by atoms with E-state index < -0.39 is 10.7 Å². The van der Waals surface area contributed by atoms with Gasteiger partial charge in [-0.05, 0) is 15.9 Å². The molecule has 0 fully saturated rings. The Morgan fingerprint density at radius 2 is 2.25 bits per heavy atom. The highest BCUT2D eigenvalue weighted by Crippen LogP contribution is 2.32. The third kappa shape index (κ3) is 2.99. The highest BCUT2D eigenvalue weighted by atomic mass is 79.9. The molecule has 0 aliphatic carbocycles. The van der Waals surface area contributed by atoms with Crippen LogP contribution in [0.1, 0.15) is 6.42 Å². The predicted octanol–water partition coefficient (Wildman–Crippen LogP) is 2.46. The molecule has 1 rings (SSSR count). The summed E-state index contributed by atoms with van der Waals surface area (Å²) in [6, 6.07) is 1.93.